The van der Waals surface area contributed by atoms with Crippen LogP contribution in [0.3, 0.4) is 0 Å². The number of hydrogen-bond acceptors (Lipinski definition) is 8. The number of esters is 1. The van der Waals surface area contributed by atoms with Gasteiger partial charge in [0.05, 0.1) is 12.8 Å². The quantitative estimate of drug-likeness (QED) is 0.564. The van der Waals surface area contributed by atoms with E-state index in [-0.39, 0.29) is 18.2 Å². The van der Waals surface area contributed by atoms with Crippen LogP contribution in [0.5, 0.6) is 5.75 Å². The van der Waals surface area contributed by atoms with Crippen molar-refractivity contribution in [2.75, 3.05) is 19.0 Å². The number of para-hydroxylation sites is 2. The van der Waals surface area contributed by atoms with Crippen LogP contribution in [0.4, 0.5) is 5.13 Å². The van der Waals surface area contributed by atoms with Gasteiger partial charge in [-0.05, 0) is 24.5 Å². The number of carbonyl (C=O) groups excluding carboxylic acids is 2. The molecule has 0 fully saturated rings. The molecule has 3 aromatic rings. The number of carbonyl (C=O) groups is 2. The first-order valence-corrected chi connectivity index (χ1v) is 9.74. The minimum absolute atomic E-state index is 0.216. The van der Waals surface area contributed by atoms with E-state index < -0.39 is 5.97 Å². The summed E-state index contributed by atoms with van der Waals surface area (Å²) < 4.78 is 12.1. The van der Waals surface area contributed by atoms with Gasteiger partial charge in [0.1, 0.15) is 18.4 Å². The predicted octanol–water partition coefficient (Wildman–Crippen LogP) is 2.73. The van der Waals surface area contributed by atoms with E-state index in [1.54, 1.807) is 23.3 Å². The van der Waals surface area contributed by atoms with Gasteiger partial charge >= 0.3 is 5.97 Å². The Kier molecular flexibility index (Phi) is 6.55. The number of thiazole rings is 1. The van der Waals surface area contributed by atoms with Crippen molar-refractivity contribution in [1.29, 1.82) is 0 Å². The number of nitrogens with one attached hydrogen (secondary N) is 1. The molecule has 1 N–H and O–H groups in total. The molecule has 29 heavy (non-hydrogen) atoms. The lowest BCUT2D eigenvalue weighted by molar-refractivity contribution is -0.118. The van der Waals surface area contributed by atoms with E-state index in [0.29, 0.717) is 28.9 Å². The summed E-state index contributed by atoms with van der Waals surface area (Å²) in [6.07, 6.45) is 3.76. The Morgan fingerprint density at radius 3 is 2.62 bits per heavy atom. The fourth-order valence-electron chi connectivity index (χ4n) is 2.59. The van der Waals surface area contributed by atoms with Crippen molar-refractivity contribution in [3.8, 4) is 11.4 Å². The molecule has 0 saturated heterocycles. The first-order valence-electron chi connectivity index (χ1n) is 8.92. The van der Waals surface area contributed by atoms with E-state index in [2.05, 4.69) is 20.5 Å². The predicted molar refractivity (Wildman–Crippen MR) is 107 cm³/mol. The minimum Gasteiger partial charge on any atom is -0.482 e. The second-order valence-corrected chi connectivity index (χ2v) is 7.64. The fourth-order valence-corrected chi connectivity index (χ4v) is 3.76. The Balaban J connectivity index is 1.68. The van der Waals surface area contributed by atoms with Gasteiger partial charge in [-0.1, -0.05) is 26.0 Å². The number of rotatable bonds is 8. The van der Waals surface area contributed by atoms with Crippen LogP contribution in [0.2, 0.25) is 0 Å². The lowest BCUT2D eigenvalue weighted by Crippen LogP contribution is -2.20. The largest absolute Gasteiger partial charge is 0.482 e. The third kappa shape index (κ3) is 5.17. The molecule has 0 saturated carbocycles. The Morgan fingerprint density at radius 2 is 1.93 bits per heavy atom. The molecule has 2 heterocycles. The van der Waals surface area contributed by atoms with Gasteiger partial charge in [0.15, 0.2) is 17.4 Å². The van der Waals surface area contributed by atoms with E-state index in [4.69, 9.17) is 9.47 Å². The number of hydrogen-bond donors (Lipinski definition) is 1. The zero-order chi connectivity index (χ0) is 20.8. The van der Waals surface area contributed by atoms with E-state index in [0.717, 1.165) is 4.88 Å². The van der Waals surface area contributed by atoms with Crippen LogP contribution in [0.15, 0.2) is 36.9 Å². The zero-order valence-corrected chi connectivity index (χ0v) is 17.1. The number of benzene rings is 1. The molecule has 0 aliphatic carbocycles. The summed E-state index contributed by atoms with van der Waals surface area (Å²) in [5.74, 6) is -0.0569. The van der Waals surface area contributed by atoms with Crippen molar-refractivity contribution < 1.29 is 19.1 Å². The first kappa shape index (κ1) is 20.5. The Bertz CT molecular complexity index is 984. The maximum absolute atomic E-state index is 12.3. The highest BCUT2D eigenvalue weighted by Gasteiger charge is 2.20. The average Bonchev–Trinajstić information content (AvgIpc) is 3.36. The lowest BCUT2D eigenvalue weighted by atomic mass is 10.1. The molecule has 3 rings (SSSR count). The highest BCUT2D eigenvalue weighted by molar-refractivity contribution is 7.16. The smallest absolute Gasteiger partial charge is 0.357 e. The van der Waals surface area contributed by atoms with Gasteiger partial charge in [-0.25, -0.2) is 9.78 Å². The average molecular weight is 415 g/mol. The van der Waals surface area contributed by atoms with Gasteiger partial charge in [-0.3, -0.25) is 14.7 Å². The molecule has 0 atom stereocenters. The summed E-state index contributed by atoms with van der Waals surface area (Å²) in [5, 5.41) is 10.6. The molecule has 10 heteroatoms. The van der Waals surface area contributed by atoms with Gasteiger partial charge in [0, 0.05) is 4.88 Å². The molecule has 2 aromatic heterocycles. The molecule has 1 amide bonds. The third-order valence-electron chi connectivity index (χ3n) is 3.84. The number of nitrogens with zero attached hydrogens (tertiary/aromatic N) is 4. The van der Waals surface area contributed by atoms with Crippen molar-refractivity contribution >= 4 is 28.3 Å². The van der Waals surface area contributed by atoms with Gasteiger partial charge in [0.2, 0.25) is 0 Å². The SMILES string of the molecule is COC(=O)c1nc(NC(=O)COc2ccccc2-n2cnnc2)sc1CC(C)C. The van der Waals surface area contributed by atoms with Crippen LogP contribution in [0, 0.1) is 5.92 Å². The molecule has 0 bridgehead atoms. The van der Waals surface area contributed by atoms with Crippen molar-refractivity contribution in [1.82, 2.24) is 19.7 Å². The van der Waals surface area contributed by atoms with Crippen LogP contribution in [-0.4, -0.2) is 45.3 Å². The molecule has 0 aliphatic rings. The van der Waals surface area contributed by atoms with Gasteiger partial charge < -0.3 is 9.47 Å². The highest BCUT2D eigenvalue weighted by Crippen LogP contribution is 2.27. The molecule has 9 nitrogen and oxygen atoms in total. The number of methoxy groups -OCH3 is 1. The van der Waals surface area contributed by atoms with Gasteiger partial charge in [-0.2, -0.15) is 0 Å². The summed E-state index contributed by atoms with van der Waals surface area (Å²) in [6.45, 7) is 3.87. The Hall–Kier alpha value is -3.27. The molecule has 0 radical (unpaired) electrons. The summed E-state index contributed by atoms with van der Waals surface area (Å²) in [6, 6.07) is 7.24. The number of anilines is 1. The van der Waals surface area contributed by atoms with Gasteiger partial charge in [0.25, 0.3) is 5.91 Å². The second kappa shape index (κ2) is 9.28. The maximum Gasteiger partial charge on any atom is 0.357 e. The van der Waals surface area contributed by atoms with E-state index in [9.17, 15) is 9.59 Å². The topological polar surface area (TPSA) is 108 Å². The third-order valence-corrected chi connectivity index (χ3v) is 4.83. The molecule has 152 valence electrons. The molecular weight excluding hydrogens is 394 g/mol. The van der Waals surface area contributed by atoms with Crippen LogP contribution in [0.1, 0.15) is 29.2 Å². The van der Waals surface area contributed by atoms with Gasteiger partial charge in [-0.15, -0.1) is 21.5 Å². The van der Waals surface area contributed by atoms with Crippen LogP contribution in [0.25, 0.3) is 5.69 Å². The molecule has 0 unspecified atom stereocenters. The summed E-state index contributed by atoms with van der Waals surface area (Å²) >= 11 is 1.26. The maximum atomic E-state index is 12.3. The normalized spacial score (nSPS) is 10.8. The van der Waals surface area contributed by atoms with Crippen LogP contribution in [-0.2, 0) is 16.0 Å². The molecule has 1 aromatic carbocycles. The number of aromatic nitrogens is 4. The number of amides is 1. The zero-order valence-electron chi connectivity index (χ0n) is 16.3. The fraction of sp³-hybridized carbons (Fsp3) is 0.316. The summed E-state index contributed by atoms with van der Waals surface area (Å²) in [7, 11) is 1.31. The van der Waals surface area contributed by atoms with E-state index >= 15 is 0 Å². The molecule has 0 aliphatic heterocycles. The minimum atomic E-state index is -0.517. The summed E-state index contributed by atoms with van der Waals surface area (Å²) in [4.78, 5) is 29.3. The standard InChI is InChI=1S/C19H21N5O4S/c1-12(2)8-15-17(18(26)27-3)23-19(29-15)22-16(25)9-28-14-7-5-4-6-13(14)24-10-20-21-11-24/h4-7,10-12H,8-9H2,1-3H3,(H,22,23,25). The number of ether oxygens (including phenoxy) is 2. The van der Waals surface area contributed by atoms with Crippen LogP contribution < -0.4 is 10.1 Å². The summed E-state index contributed by atoms with van der Waals surface area (Å²) in [5.41, 5.74) is 0.951. The van der Waals surface area contributed by atoms with E-state index in [1.165, 1.54) is 18.4 Å². The molecular formula is C19H21N5O4S. The van der Waals surface area contributed by atoms with Crippen molar-refractivity contribution in [2.45, 2.75) is 20.3 Å². The van der Waals surface area contributed by atoms with E-state index in [1.807, 2.05) is 32.0 Å². The van der Waals surface area contributed by atoms with Crippen molar-refractivity contribution in [3.63, 3.8) is 0 Å². The Morgan fingerprint density at radius 1 is 1.21 bits per heavy atom. The van der Waals surface area contributed by atoms with Crippen molar-refractivity contribution in [3.05, 3.63) is 47.5 Å². The second-order valence-electron chi connectivity index (χ2n) is 6.55. The lowest BCUT2D eigenvalue weighted by Gasteiger charge is -2.10. The van der Waals surface area contributed by atoms with Crippen molar-refractivity contribution in [2.24, 2.45) is 5.92 Å². The Labute approximate surface area is 171 Å². The first-order chi connectivity index (χ1) is 14.0. The van der Waals surface area contributed by atoms with Crippen LogP contribution >= 0.6 is 11.3 Å². The highest BCUT2D eigenvalue weighted by atomic mass is 32.1. The monoisotopic (exact) mass is 415 g/mol. The molecule has 0 spiro atoms.